The molecule has 0 radical (unpaired) electrons. The predicted octanol–water partition coefficient (Wildman–Crippen LogP) is 3.02. The van der Waals surface area contributed by atoms with E-state index in [0.29, 0.717) is 0 Å². The van der Waals surface area contributed by atoms with E-state index in [1.54, 1.807) is 31.4 Å². The molecule has 7 nitrogen and oxygen atoms in total. The van der Waals surface area contributed by atoms with Crippen LogP contribution in [-0.4, -0.2) is 29.1 Å². The Kier molecular flexibility index (Phi) is 3.96. The van der Waals surface area contributed by atoms with Crippen LogP contribution in [0.2, 0.25) is 0 Å². The SMILES string of the molecule is CC(Nc1cc(-n2ccnc2)ncn1)c1cccc(-n2ccnc2)c1. The standard InChI is InChI=1S/C18H17N7/c1-14(15-3-2-4-16(9-15)24-7-5-19-12-24)23-17-10-18(22-11-21-17)25-8-6-20-13-25/h2-14H,1H3,(H,21,22,23). The summed E-state index contributed by atoms with van der Waals surface area (Å²) in [5.41, 5.74) is 2.24. The van der Waals surface area contributed by atoms with E-state index in [1.165, 1.54) is 0 Å². The highest BCUT2D eigenvalue weighted by atomic mass is 15.1. The zero-order valence-electron chi connectivity index (χ0n) is 13.7. The summed E-state index contributed by atoms with van der Waals surface area (Å²) >= 11 is 0. The topological polar surface area (TPSA) is 73.5 Å². The molecule has 0 saturated heterocycles. The third-order valence-corrected chi connectivity index (χ3v) is 3.96. The van der Waals surface area contributed by atoms with Crippen molar-refractivity contribution in [3.8, 4) is 11.5 Å². The lowest BCUT2D eigenvalue weighted by Gasteiger charge is -2.16. The van der Waals surface area contributed by atoms with Crippen molar-refractivity contribution >= 4 is 5.82 Å². The van der Waals surface area contributed by atoms with Crippen molar-refractivity contribution in [1.29, 1.82) is 0 Å². The molecule has 0 bridgehead atoms. The summed E-state index contributed by atoms with van der Waals surface area (Å²) in [7, 11) is 0. The van der Waals surface area contributed by atoms with E-state index in [-0.39, 0.29) is 6.04 Å². The molecule has 0 fully saturated rings. The summed E-state index contributed by atoms with van der Waals surface area (Å²) in [6, 6.07) is 10.3. The Balaban J connectivity index is 1.55. The Morgan fingerprint density at radius 2 is 1.76 bits per heavy atom. The molecular weight excluding hydrogens is 314 g/mol. The van der Waals surface area contributed by atoms with Crippen molar-refractivity contribution in [2.45, 2.75) is 13.0 Å². The van der Waals surface area contributed by atoms with Gasteiger partial charge in [-0.1, -0.05) is 12.1 Å². The second-order valence-corrected chi connectivity index (χ2v) is 5.66. The largest absolute Gasteiger partial charge is 0.363 e. The maximum Gasteiger partial charge on any atom is 0.143 e. The molecule has 1 atom stereocenters. The monoisotopic (exact) mass is 331 g/mol. The average Bonchev–Trinajstić information content (AvgIpc) is 3.36. The van der Waals surface area contributed by atoms with E-state index >= 15 is 0 Å². The summed E-state index contributed by atoms with van der Waals surface area (Å²) in [4.78, 5) is 16.7. The second-order valence-electron chi connectivity index (χ2n) is 5.66. The van der Waals surface area contributed by atoms with Gasteiger partial charge in [-0.15, -0.1) is 0 Å². The molecule has 1 unspecified atom stereocenters. The predicted molar refractivity (Wildman–Crippen MR) is 94.8 cm³/mol. The number of imidazole rings is 2. The quantitative estimate of drug-likeness (QED) is 0.608. The van der Waals surface area contributed by atoms with Crippen LogP contribution >= 0.6 is 0 Å². The Labute approximate surface area is 145 Å². The van der Waals surface area contributed by atoms with Crippen LogP contribution in [0.25, 0.3) is 11.5 Å². The number of rotatable bonds is 5. The number of nitrogens with one attached hydrogen (secondary N) is 1. The van der Waals surface area contributed by atoms with Gasteiger partial charge in [0.05, 0.1) is 12.4 Å². The lowest BCUT2D eigenvalue weighted by Crippen LogP contribution is -2.09. The number of aromatic nitrogens is 6. The first kappa shape index (κ1) is 15.1. The van der Waals surface area contributed by atoms with Crippen LogP contribution in [0, 0.1) is 0 Å². The Hall–Kier alpha value is -3.48. The highest BCUT2D eigenvalue weighted by Crippen LogP contribution is 2.21. The molecule has 4 aromatic rings. The molecule has 0 amide bonds. The molecule has 0 spiro atoms. The molecule has 3 heterocycles. The van der Waals surface area contributed by atoms with Crippen molar-refractivity contribution < 1.29 is 0 Å². The minimum absolute atomic E-state index is 0.0917. The molecular formula is C18H17N7. The third kappa shape index (κ3) is 3.25. The number of nitrogens with zero attached hydrogens (tertiary/aromatic N) is 6. The maximum atomic E-state index is 4.32. The summed E-state index contributed by atoms with van der Waals surface area (Å²) in [6.07, 6.45) is 12.3. The molecule has 3 aromatic heterocycles. The van der Waals surface area contributed by atoms with Gasteiger partial charge in [0.1, 0.15) is 24.3 Å². The van der Waals surface area contributed by atoms with Gasteiger partial charge in [0, 0.05) is 36.5 Å². The van der Waals surface area contributed by atoms with Gasteiger partial charge >= 0.3 is 0 Å². The fourth-order valence-corrected chi connectivity index (χ4v) is 2.63. The summed E-state index contributed by atoms with van der Waals surface area (Å²) in [5, 5.41) is 3.42. The van der Waals surface area contributed by atoms with Gasteiger partial charge in [0.2, 0.25) is 0 Å². The second kappa shape index (κ2) is 6.56. The van der Waals surface area contributed by atoms with E-state index in [4.69, 9.17) is 0 Å². The Morgan fingerprint density at radius 1 is 0.960 bits per heavy atom. The average molecular weight is 331 g/mol. The van der Waals surface area contributed by atoms with Crippen molar-refractivity contribution in [2.75, 3.05) is 5.32 Å². The molecule has 0 aliphatic carbocycles. The van der Waals surface area contributed by atoms with Gasteiger partial charge in [-0.2, -0.15) is 0 Å². The van der Waals surface area contributed by atoms with E-state index in [0.717, 1.165) is 22.9 Å². The smallest absolute Gasteiger partial charge is 0.143 e. The van der Waals surface area contributed by atoms with Crippen LogP contribution in [0.5, 0.6) is 0 Å². The van der Waals surface area contributed by atoms with Crippen molar-refractivity contribution in [3.63, 3.8) is 0 Å². The van der Waals surface area contributed by atoms with Crippen LogP contribution in [0.4, 0.5) is 5.82 Å². The minimum Gasteiger partial charge on any atom is -0.363 e. The lowest BCUT2D eigenvalue weighted by atomic mass is 10.1. The number of hydrogen-bond donors (Lipinski definition) is 1. The molecule has 124 valence electrons. The van der Waals surface area contributed by atoms with Crippen LogP contribution in [0.3, 0.4) is 0 Å². The number of anilines is 1. The van der Waals surface area contributed by atoms with E-state index in [2.05, 4.69) is 50.4 Å². The molecule has 0 aliphatic heterocycles. The van der Waals surface area contributed by atoms with Gasteiger partial charge in [-0.05, 0) is 24.6 Å². The van der Waals surface area contributed by atoms with Gasteiger partial charge in [0.25, 0.3) is 0 Å². The molecule has 25 heavy (non-hydrogen) atoms. The zero-order valence-corrected chi connectivity index (χ0v) is 13.7. The van der Waals surface area contributed by atoms with Crippen LogP contribution in [-0.2, 0) is 0 Å². The fourth-order valence-electron chi connectivity index (χ4n) is 2.63. The molecule has 4 rings (SSSR count). The highest BCUT2D eigenvalue weighted by molar-refractivity contribution is 5.44. The number of benzene rings is 1. The number of hydrogen-bond acceptors (Lipinski definition) is 5. The first-order chi connectivity index (χ1) is 12.3. The minimum atomic E-state index is 0.0917. The van der Waals surface area contributed by atoms with Crippen molar-refractivity contribution in [3.05, 3.63) is 79.7 Å². The fraction of sp³-hybridized carbons (Fsp3) is 0.111. The molecule has 0 saturated carbocycles. The van der Waals surface area contributed by atoms with Crippen LogP contribution in [0.15, 0.2) is 74.1 Å². The first-order valence-electron chi connectivity index (χ1n) is 7.95. The summed E-state index contributed by atoms with van der Waals surface area (Å²) < 4.78 is 3.83. The lowest BCUT2D eigenvalue weighted by molar-refractivity contribution is 0.863. The summed E-state index contributed by atoms with van der Waals surface area (Å²) in [5.74, 6) is 1.54. The molecule has 0 aliphatic rings. The molecule has 7 heteroatoms. The van der Waals surface area contributed by atoms with Crippen LogP contribution < -0.4 is 5.32 Å². The Bertz CT molecular complexity index is 945. The van der Waals surface area contributed by atoms with Gasteiger partial charge in [-0.25, -0.2) is 19.9 Å². The maximum absolute atomic E-state index is 4.32. The van der Waals surface area contributed by atoms with Crippen LogP contribution in [0.1, 0.15) is 18.5 Å². The summed E-state index contributed by atoms with van der Waals surface area (Å²) in [6.45, 7) is 2.10. The van der Waals surface area contributed by atoms with Gasteiger partial charge in [-0.3, -0.25) is 4.57 Å². The normalized spacial score (nSPS) is 12.0. The van der Waals surface area contributed by atoms with Crippen molar-refractivity contribution in [1.82, 2.24) is 29.1 Å². The molecule has 1 aromatic carbocycles. The highest BCUT2D eigenvalue weighted by Gasteiger charge is 2.09. The first-order valence-corrected chi connectivity index (χ1v) is 7.95. The van der Waals surface area contributed by atoms with E-state index in [9.17, 15) is 0 Å². The van der Waals surface area contributed by atoms with Gasteiger partial charge in [0.15, 0.2) is 0 Å². The Morgan fingerprint density at radius 3 is 2.52 bits per heavy atom. The van der Waals surface area contributed by atoms with Crippen molar-refractivity contribution in [2.24, 2.45) is 0 Å². The van der Waals surface area contributed by atoms with Gasteiger partial charge < -0.3 is 9.88 Å². The van der Waals surface area contributed by atoms with E-state index in [1.807, 2.05) is 33.7 Å². The third-order valence-electron chi connectivity index (χ3n) is 3.96. The molecule has 1 N–H and O–H groups in total. The zero-order chi connectivity index (χ0) is 17.1. The van der Waals surface area contributed by atoms with E-state index < -0.39 is 0 Å².